The molecule has 0 bridgehead atoms. The fraction of sp³-hybridized carbons (Fsp3) is 0.933. The van der Waals surface area contributed by atoms with E-state index in [1.54, 1.807) is 0 Å². The van der Waals surface area contributed by atoms with Crippen LogP contribution in [0.2, 0.25) is 0 Å². The van der Waals surface area contributed by atoms with Crippen LogP contribution in [-0.4, -0.2) is 36.1 Å². The van der Waals surface area contributed by atoms with Gasteiger partial charge in [0.1, 0.15) is 0 Å². The van der Waals surface area contributed by atoms with Crippen molar-refractivity contribution in [1.29, 1.82) is 5.26 Å². The Hall–Kier alpha value is -0.590. The van der Waals surface area contributed by atoms with E-state index in [0.717, 1.165) is 31.2 Å². The van der Waals surface area contributed by atoms with Gasteiger partial charge in [0.25, 0.3) is 0 Å². The van der Waals surface area contributed by atoms with Crippen molar-refractivity contribution in [2.45, 2.75) is 76.4 Å². The molecule has 0 atom stereocenters. The summed E-state index contributed by atoms with van der Waals surface area (Å²) in [5, 5.41) is 12.4. The number of nitrogens with zero attached hydrogens (tertiary/aromatic N) is 2. The van der Waals surface area contributed by atoms with Gasteiger partial charge in [-0.3, -0.25) is 4.90 Å². The Balaban J connectivity index is 1.74. The summed E-state index contributed by atoms with van der Waals surface area (Å²) >= 11 is 0. The summed E-state index contributed by atoms with van der Waals surface area (Å²) in [6, 6.07) is 4.61. The van der Waals surface area contributed by atoms with Crippen molar-refractivity contribution in [1.82, 2.24) is 10.2 Å². The predicted octanol–water partition coefficient (Wildman–Crippen LogP) is 2.68. The topological polar surface area (TPSA) is 39.1 Å². The molecule has 1 N–H and O–H groups in total. The fourth-order valence-electron chi connectivity index (χ4n) is 3.21. The molecule has 0 aliphatic heterocycles. The van der Waals surface area contributed by atoms with E-state index in [1.807, 2.05) is 0 Å². The molecule has 0 radical (unpaired) electrons. The number of hydrogen-bond acceptors (Lipinski definition) is 3. The smallest absolute Gasteiger partial charge is 0.0635 e. The lowest BCUT2D eigenvalue weighted by Gasteiger charge is -2.37. The Kier molecular flexibility index (Phi) is 5.46. The molecule has 3 nitrogen and oxygen atoms in total. The molecule has 18 heavy (non-hydrogen) atoms. The van der Waals surface area contributed by atoms with Crippen molar-refractivity contribution in [3.63, 3.8) is 0 Å². The normalized spacial score (nSPS) is 28.3. The summed E-state index contributed by atoms with van der Waals surface area (Å²) in [6.07, 6.45) is 9.94. The van der Waals surface area contributed by atoms with Crippen molar-refractivity contribution in [2.24, 2.45) is 0 Å². The molecule has 2 rings (SSSR count). The summed E-state index contributed by atoms with van der Waals surface area (Å²) in [4.78, 5) is 2.64. The lowest BCUT2D eigenvalue weighted by atomic mass is 9.90. The number of hydrogen-bond donors (Lipinski definition) is 1. The van der Waals surface area contributed by atoms with Crippen molar-refractivity contribution >= 4 is 0 Å². The second kappa shape index (κ2) is 7.11. The molecular weight excluding hydrogens is 222 g/mol. The van der Waals surface area contributed by atoms with Crippen LogP contribution in [0.1, 0.15) is 58.3 Å². The van der Waals surface area contributed by atoms with Crippen LogP contribution in [0, 0.1) is 11.3 Å². The quantitative estimate of drug-likeness (QED) is 0.754. The van der Waals surface area contributed by atoms with Gasteiger partial charge < -0.3 is 5.32 Å². The van der Waals surface area contributed by atoms with Gasteiger partial charge in [-0.2, -0.15) is 5.26 Å². The van der Waals surface area contributed by atoms with Crippen LogP contribution in [0.4, 0.5) is 0 Å². The summed E-state index contributed by atoms with van der Waals surface area (Å²) in [6.45, 7) is 4.39. The molecule has 0 unspecified atom stereocenters. The Morgan fingerprint density at radius 2 is 1.72 bits per heavy atom. The van der Waals surface area contributed by atoms with Gasteiger partial charge in [-0.15, -0.1) is 0 Å². The lowest BCUT2D eigenvalue weighted by Crippen LogP contribution is -2.44. The molecule has 2 fully saturated rings. The highest BCUT2D eigenvalue weighted by Gasteiger charge is 2.35. The fourth-order valence-corrected chi connectivity index (χ4v) is 3.21. The average Bonchev–Trinajstić information content (AvgIpc) is 3.23. The van der Waals surface area contributed by atoms with E-state index < -0.39 is 0 Å². The Labute approximate surface area is 112 Å². The molecule has 102 valence electrons. The third-order valence-electron chi connectivity index (χ3n) is 4.35. The van der Waals surface area contributed by atoms with E-state index >= 15 is 0 Å². The highest BCUT2D eigenvalue weighted by Crippen LogP contribution is 2.33. The zero-order valence-electron chi connectivity index (χ0n) is 11.7. The first-order valence-corrected chi connectivity index (χ1v) is 7.71. The largest absolute Gasteiger partial charge is 0.314 e. The summed E-state index contributed by atoms with van der Waals surface area (Å²) < 4.78 is 0. The van der Waals surface area contributed by atoms with Gasteiger partial charge in [0.2, 0.25) is 0 Å². The molecule has 0 heterocycles. The Bertz CT molecular complexity index is 272. The molecule has 2 aliphatic rings. The van der Waals surface area contributed by atoms with Gasteiger partial charge in [-0.1, -0.05) is 6.92 Å². The lowest BCUT2D eigenvalue weighted by molar-refractivity contribution is 0.138. The maximum atomic E-state index is 8.77. The second-order valence-electron chi connectivity index (χ2n) is 5.84. The molecule has 2 saturated carbocycles. The van der Waals surface area contributed by atoms with Crippen LogP contribution < -0.4 is 5.32 Å². The highest BCUT2D eigenvalue weighted by atomic mass is 15.2. The summed E-state index contributed by atoms with van der Waals surface area (Å²) in [7, 11) is 0. The van der Waals surface area contributed by atoms with Crippen LogP contribution in [0.3, 0.4) is 0 Å². The van der Waals surface area contributed by atoms with Gasteiger partial charge in [0, 0.05) is 31.1 Å². The molecule has 3 heteroatoms. The van der Waals surface area contributed by atoms with E-state index in [4.69, 9.17) is 5.26 Å². The van der Waals surface area contributed by atoms with Gasteiger partial charge in [0.05, 0.1) is 6.07 Å². The molecular formula is C15H27N3. The SMILES string of the molecule is CCCNC1CCC(N(CCC#N)C2CC2)CC1. The Morgan fingerprint density at radius 1 is 1.11 bits per heavy atom. The highest BCUT2D eigenvalue weighted by molar-refractivity contribution is 4.92. The van der Waals surface area contributed by atoms with Crippen molar-refractivity contribution in [3.8, 4) is 6.07 Å². The van der Waals surface area contributed by atoms with E-state index in [0.29, 0.717) is 6.42 Å². The first kappa shape index (κ1) is 13.8. The number of rotatable bonds is 7. The standard InChI is InChI=1S/C15H27N3/c1-2-11-17-13-4-6-14(7-5-13)18(12-3-10-16)15-8-9-15/h13-15,17H,2-9,11-12H2,1H3. The minimum atomic E-state index is 0.699. The Morgan fingerprint density at radius 3 is 2.22 bits per heavy atom. The van der Waals surface area contributed by atoms with Gasteiger partial charge in [-0.25, -0.2) is 0 Å². The van der Waals surface area contributed by atoms with Crippen LogP contribution in [0.15, 0.2) is 0 Å². The molecule has 0 saturated heterocycles. The third kappa shape index (κ3) is 3.96. The zero-order chi connectivity index (χ0) is 12.8. The minimum Gasteiger partial charge on any atom is -0.314 e. The summed E-state index contributed by atoms with van der Waals surface area (Å²) in [5.74, 6) is 0. The van der Waals surface area contributed by atoms with Crippen LogP contribution >= 0.6 is 0 Å². The van der Waals surface area contributed by atoms with Crippen molar-refractivity contribution in [3.05, 3.63) is 0 Å². The molecule has 0 amide bonds. The molecule has 0 aromatic rings. The maximum Gasteiger partial charge on any atom is 0.0635 e. The molecule has 0 aromatic carbocycles. The zero-order valence-corrected chi connectivity index (χ0v) is 11.7. The van der Waals surface area contributed by atoms with E-state index in [9.17, 15) is 0 Å². The first-order valence-electron chi connectivity index (χ1n) is 7.71. The van der Waals surface area contributed by atoms with Crippen molar-refractivity contribution in [2.75, 3.05) is 13.1 Å². The molecule has 2 aliphatic carbocycles. The van der Waals surface area contributed by atoms with E-state index in [1.165, 1.54) is 44.9 Å². The number of nitrogens with one attached hydrogen (secondary N) is 1. The monoisotopic (exact) mass is 249 g/mol. The predicted molar refractivity (Wildman–Crippen MR) is 74.3 cm³/mol. The molecule has 0 spiro atoms. The van der Waals surface area contributed by atoms with Crippen LogP contribution in [-0.2, 0) is 0 Å². The van der Waals surface area contributed by atoms with Gasteiger partial charge >= 0.3 is 0 Å². The average molecular weight is 249 g/mol. The number of nitriles is 1. The molecule has 0 aromatic heterocycles. The van der Waals surface area contributed by atoms with Gasteiger partial charge in [-0.05, 0) is 51.5 Å². The minimum absolute atomic E-state index is 0.699. The van der Waals surface area contributed by atoms with Crippen LogP contribution in [0.25, 0.3) is 0 Å². The summed E-state index contributed by atoms with van der Waals surface area (Å²) in [5.41, 5.74) is 0. The van der Waals surface area contributed by atoms with Crippen molar-refractivity contribution < 1.29 is 0 Å². The first-order chi connectivity index (χ1) is 8.85. The van der Waals surface area contributed by atoms with Gasteiger partial charge in [0.15, 0.2) is 0 Å². The second-order valence-corrected chi connectivity index (χ2v) is 5.84. The van der Waals surface area contributed by atoms with E-state index in [2.05, 4.69) is 23.2 Å². The van der Waals surface area contributed by atoms with E-state index in [-0.39, 0.29) is 0 Å². The third-order valence-corrected chi connectivity index (χ3v) is 4.35. The van der Waals surface area contributed by atoms with Crippen LogP contribution in [0.5, 0.6) is 0 Å². The maximum absolute atomic E-state index is 8.77.